The summed E-state index contributed by atoms with van der Waals surface area (Å²) in [4.78, 5) is -0.453. The zero-order valence-electron chi connectivity index (χ0n) is 11.8. The lowest BCUT2D eigenvalue weighted by atomic mass is 9.87. The predicted molar refractivity (Wildman–Crippen MR) is 75.8 cm³/mol. The Morgan fingerprint density at radius 3 is 1.95 bits per heavy atom. The Balaban J connectivity index is 2.39. The van der Waals surface area contributed by atoms with Crippen molar-refractivity contribution in [3.8, 4) is 0 Å². The van der Waals surface area contributed by atoms with E-state index in [2.05, 4.69) is 0 Å². The second kappa shape index (κ2) is 6.01. The standard InChI is InChI=1S/C15H20F2O3S/c16-15(17,14(18)11-7-2-1-3-8-12-14)21(19,20)13-9-5-4-6-10-13/h4-6,9-10,18H,1-3,7-8,11-12H2. The molecule has 21 heavy (non-hydrogen) atoms. The summed E-state index contributed by atoms with van der Waals surface area (Å²) in [5, 5.41) is 6.19. The third-order valence-electron chi connectivity index (χ3n) is 4.11. The van der Waals surface area contributed by atoms with Gasteiger partial charge in [-0.05, 0) is 25.0 Å². The molecule has 1 fully saturated rings. The number of hydrogen-bond donors (Lipinski definition) is 1. The summed E-state index contributed by atoms with van der Waals surface area (Å²) >= 11 is 0. The first-order valence-electron chi connectivity index (χ1n) is 7.21. The van der Waals surface area contributed by atoms with E-state index in [-0.39, 0.29) is 12.8 Å². The van der Waals surface area contributed by atoms with Gasteiger partial charge in [0.25, 0.3) is 0 Å². The molecule has 0 atom stereocenters. The molecular weight excluding hydrogens is 298 g/mol. The molecule has 0 radical (unpaired) electrons. The number of alkyl halides is 2. The van der Waals surface area contributed by atoms with Crippen LogP contribution in [0.5, 0.6) is 0 Å². The van der Waals surface area contributed by atoms with Crippen molar-refractivity contribution in [3.63, 3.8) is 0 Å². The van der Waals surface area contributed by atoms with Crippen LogP contribution in [0.1, 0.15) is 44.9 Å². The Morgan fingerprint density at radius 1 is 0.952 bits per heavy atom. The fraction of sp³-hybridized carbons (Fsp3) is 0.600. The molecule has 1 aliphatic rings. The molecule has 0 amide bonds. The largest absolute Gasteiger partial charge is 0.382 e. The van der Waals surface area contributed by atoms with Crippen molar-refractivity contribution in [1.29, 1.82) is 0 Å². The van der Waals surface area contributed by atoms with Crippen LogP contribution in [0.25, 0.3) is 0 Å². The SMILES string of the molecule is O=S(=O)(c1ccccc1)C(F)(F)C1(O)CCCCCCC1. The average Bonchev–Trinajstić information content (AvgIpc) is 2.43. The van der Waals surface area contributed by atoms with Gasteiger partial charge >= 0.3 is 5.25 Å². The van der Waals surface area contributed by atoms with Crippen molar-refractivity contribution < 1.29 is 22.3 Å². The van der Waals surface area contributed by atoms with Gasteiger partial charge in [-0.25, -0.2) is 8.42 Å². The third kappa shape index (κ3) is 2.97. The minimum absolute atomic E-state index is 0.188. The molecule has 0 aliphatic heterocycles. The summed E-state index contributed by atoms with van der Waals surface area (Å²) in [6.07, 6.45) is 2.87. The Morgan fingerprint density at radius 2 is 1.43 bits per heavy atom. The first-order chi connectivity index (χ1) is 9.81. The van der Waals surface area contributed by atoms with Gasteiger partial charge in [0, 0.05) is 0 Å². The zero-order valence-corrected chi connectivity index (χ0v) is 12.6. The van der Waals surface area contributed by atoms with E-state index in [1.54, 1.807) is 6.07 Å². The molecule has 3 nitrogen and oxygen atoms in total. The molecule has 0 spiro atoms. The highest BCUT2D eigenvalue weighted by Gasteiger charge is 2.61. The van der Waals surface area contributed by atoms with E-state index in [0.29, 0.717) is 12.8 Å². The molecule has 0 heterocycles. The van der Waals surface area contributed by atoms with E-state index < -0.39 is 25.6 Å². The normalized spacial score (nSPS) is 20.5. The number of halogens is 2. The maximum absolute atomic E-state index is 14.6. The van der Waals surface area contributed by atoms with Gasteiger partial charge < -0.3 is 5.11 Å². The molecule has 1 aromatic carbocycles. The maximum Gasteiger partial charge on any atom is 0.377 e. The second-order valence-electron chi connectivity index (χ2n) is 5.63. The first-order valence-corrected chi connectivity index (χ1v) is 8.69. The minimum Gasteiger partial charge on any atom is -0.382 e. The van der Waals surface area contributed by atoms with Crippen molar-refractivity contribution in [3.05, 3.63) is 30.3 Å². The molecule has 1 aromatic rings. The van der Waals surface area contributed by atoms with Crippen LogP contribution in [0.4, 0.5) is 8.78 Å². The quantitative estimate of drug-likeness (QED) is 0.927. The molecule has 118 valence electrons. The molecule has 0 aromatic heterocycles. The van der Waals surface area contributed by atoms with Crippen molar-refractivity contribution in [2.24, 2.45) is 0 Å². The molecule has 1 N–H and O–H groups in total. The average molecular weight is 318 g/mol. The van der Waals surface area contributed by atoms with Gasteiger partial charge in [0.2, 0.25) is 9.84 Å². The zero-order chi connectivity index (χ0) is 15.6. The highest BCUT2D eigenvalue weighted by Crippen LogP contribution is 2.44. The molecule has 0 saturated heterocycles. The van der Waals surface area contributed by atoms with E-state index in [1.807, 2.05) is 0 Å². The van der Waals surface area contributed by atoms with E-state index in [1.165, 1.54) is 12.1 Å². The lowest BCUT2D eigenvalue weighted by Crippen LogP contribution is -2.53. The predicted octanol–water partition coefficient (Wildman–Crippen LogP) is 3.53. The Kier molecular flexibility index (Phi) is 4.68. The van der Waals surface area contributed by atoms with Crippen LogP contribution in [0.3, 0.4) is 0 Å². The van der Waals surface area contributed by atoms with Gasteiger partial charge in [-0.15, -0.1) is 0 Å². The second-order valence-corrected chi connectivity index (χ2v) is 7.62. The number of rotatable bonds is 3. The van der Waals surface area contributed by atoms with E-state index in [9.17, 15) is 22.3 Å². The van der Waals surface area contributed by atoms with Crippen molar-refractivity contribution in [1.82, 2.24) is 0 Å². The summed E-state index contributed by atoms with van der Waals surface area (Å²) in [6, 6.07) is 6.61. The highest BCUT2D eigenvalue weighted by atomic mass is 32.2. The van der Waals surface area contributed by atoms with Crippen LogP contribution < -0.4 is 0 Å². The summed E-state index contributed by atoms with van der Waals surface area (Å²) in [6.45, 7) is 0. The Hall–Kier alpha value is -1.01. The van der Waals surface area contributed by atoms with Crippen LogP contribution in [-0.2, 0) is 9.84 Å². The summed E-state index contributed by atoms with van der Waals surface area (Å²) in [5.41, 5.74) is -2.48. The maximum atomic E-state index is 14.6. The van der Waals surface area contributed by atoms with E-state index in [0.717, 1.165) is 31.4 Å². The van der Waals surface area contributed by atoms with Crippen LogP contribution in [0.15, 0.2) is 35.2 Å². The molecule has 1 aliphatic carbocycles. The summed E-state index contributed by atoms with van der Waals surface area (Å²) < 4.78 is 53.8. The fourth-order valence-corrected chi connectivity index (χ4v) is 4.29. The number of aliphatic hydroxyl groups is 1. The number of hydrogen-bond acceptors (Lipinski definition) is 3. The van der Waals surface area contributed by atoms with Gasteiger partial charge in [-0.2, -0.15) is 8.78 Å². The van der Waals surface area contributed by atoms with E-state index in [4.69, 9.17) is 0 Å². The van der Waals surface area contributed by atoms with Crippen LogP contribution in [0, 0.1) is 0 Å². The third-order valence-corrected chi connectivity index (χ3v) is 6.06. The van der Waals surface area contributed by atoms with Crippen LogP contribution >= 0.6 is 0 Å². The Bertz CT molecular complexity index is 562. The Labute approximate surface area is 123 Å². The van der Waals surface area contributed by atoms with Crippen LogP contribution in [0.2, 0.25) is 0 Å². The van der Waals surface area contributed by atoms with Crippen molar-refractivity contribution >= 4 is 9.84 Å². The summed E-state index contributed by atoms with van der Waals surface area (Å²) in [7, 11) is -4.91. The van der Waals surface area contributed by atoms with Gasteiger partial charge in [-0.3, -0.25) is 0 Å². The molecular formula is C15H20F2O3S. The van der Waals surface area contributed by atoms with Crippen LogP contribution in [-0.4, -0.2) is 24.4 Å². The number of benzene rings is 1. The summed E-state index contributed by atoms with van der Waals surface area (Å²) in [5.74, 6) is 0. The van der Waals surface area contributed by atoms with Crippen molar-refractivity contribution in [2.45, 2.75) is 60.7 Å². The first kappa shape index (κ1) is 16.4. The van der Waals surface area contributed by atoms with Gasteiger partial charge in [0.05, 0.1) is 4.90 Å². The van der Waals surface area contributed by atoms with Gasteiger partial charge in [0.15, 0.2) is 0 Å². The fourth-order valence-electron chi connectivity index (χ4n) is 2.78. The lowest BCUT2D eigenvalue weighted by molar-refractivity contribution is -0.138. The van der Waals surface area contributed by atoms with Gasteiger partial charge in [0.1, 0.15) is 5.60 Å². The lowest BCUT2D eigenvalue weighted by Gasteiger charge is -2.36. The molecule has 1 saturated carbocycles. The molecule has 0 unspecified atom stereocenters. The topological polar surface area (TPSA) is 54.4 Å². The smallest absolute Gasteiger partial charge is 0.377 e. The number of sulfone groups is 1. The monoisotopic (exact) mass is 318 g/mol. The van der Waals surface area contributed by atoms with E-state index >= 15 is 0 Å². The minimum atomic E-state index is -4.91. The van der Waals surface area contributed by atoms with Gasteiger partial charge in [-0.1, -0.05) is 50.3 Å². The molecule has 2 rings (SSSR count). The molecule has 6 heteroatoms. The van der Waals surface area contributed by atoms with Crippen molar-refractivity contribution in [2.75, 3.05) is 0 Å². The highest BCUT2D eigenvalue weighted by molar-refractivity contribution is 7.92. The molecule has 0 bridgehead atoms.